The molecule has 0 bridgehead atoms. The lowest BCUT2D eigenvalue weighted by Gasteiger charge is -2.23. The van der Waals surface area contributed by atoms with Crippen LogP contribution in [0.25, 0.3) is 0 Å². The molecule has 0 radical (unpaired) electrons. The molecule has 21 heavy (non-hydrogen) atoms. The number of nitrogens with one attached hydrogen (secondary N) is 1. The fourth-order valence-corrected chi connectivity index (χ4v) is 1.99. The molecule has 0 saturated heterocycles. The van der Waals surface area contributed by atoms with Crippen LogP contribution in [-0.4, -0.2) is 29.1 Å². The minimum atomic E-state index is -0.300. The first kappa shape index (κ1) is 15.5. The molecule has 1 aromatic carbocycles. The van der Waals surface area contributed by atoms with Crippen molar-refractivity contribution < 1.29 is 9.32 Å². The van der Waals surface area contributed by atoms with E-state index >= 15 is 0 Å². The van der Waals surface area contributed by atoms with Crippen LogP contribution in [0.15, 0.2) is 34.9 Å². The summed E-state index contributed by atoms with van der Waals surface area (Å²) in [5, 5.41) is 7.14. The number of halogens is 1. The van der Waals surface area contributed by atoms with Gasteiger partial charge in [-0.1, -0.05) is 28.9 Å². The third-order valence-electron chi connectivity index (χ3n) is 3.26. The van der Waals surface area contributed by atoms with Gasteiger partial charge in [-0.15, -0.1) is 0 Å². The van der Waals surface area contributed by atoms with Gasteiger partial charge in [0.05, 0.1) is 11.7 Å². The zero-order chi connectivity index (χ0) is 15.4. The van der Waals surface area contributed by atoms with E-state index in [2.05, 4.69) is 10.5 Å². The molecule has 1 heterocycles. The first-order valence-corrected chi connectivity index (χ1v) is 7.02. The molecule has 0 aliphatic carbocycles. The van der Waals surface area contributed by atoms with Gasteiger partial charge < -0.3 is 4.52 Å². The lowest BCUT2D eigenvalue weighted by molar-refractivity contribution is -0.120. The van der Waals surface area contributed by atoms with Gasteiger partial charge in [0.1, 0.15) is 0 Å². The second kappa shape index (κ2) is 6.74. The van der Waals surface area contributed by atoms with Gasteiger partial charge in [0.15, 0.2) is 0 Å². The Morgan fingerprint density at radius 2 is 2.10 bits per heavy atom. The second-order valence-electron chi connectivity index (χ2n) is 5.04. The van der Waals surface area contributed by atoms with Gasteiger partial charge in [-0.3, -0.25) is 15.0 Å². The molecule has 0 saturated carbocycles. The molecule has 5 nitrogen and oxygen atoms in total. The van der Waals surface area contributed by atoms with Crippen LogP contribution in [0, 0.1) is 6.92 Å². The van der Waals surface area contributed by atoms with Gasteiger partial charge in [0.25, 0.3) is 0 Å². The molecule has 112 valence electrons. The summed E-state index contributed by atoms with van der Waals surface area (Å²) < 4.78 is 4.98. The minimum absolute atomic E-state index is 0.136. The second-order valence-corrected chi connectivity index (χ2v) is 5.48. The number of aromatic nitrogens is 1. The van der Waals surface area contributed by atoms with Crippen molar-refractivity contribution in [2.24, 2.45) is 0 Å². The van der Waals surface area contributed by atoms with Crippen molar-refractivity contribution >= 4 is 23.4 Å². The Hall–Kier alpha value is -1.85. The summed E-state index contributed by atoms with van der Waals surface area (Å²) in [6, 6.07) is 8.96. The molecular formula is C15H18ClN3O2. The summed E-state index contributed by atoms with van der Waals surface area (Å²) in [7, 11) is 1.89. The van der Waals surface area contributed by atoms with E-state index in [0.29, 0.717) is 17.5 Å². The minimum Gasteiger partial charge on any atom is -0.338 e. The van der Waals surface area contributed by atoms with Gasteiger partial charge >= 0.3 is 0 Å². The van der Waals surface area contributed by atoms with Crippen LogP contribution < -0.4 is 5.32 Å². The third kappa shape index (κ3) is 4.31. The maximum Gasteiger partial charge on any atom is 0.243 e. The third-order valence-corrected chi connectivity index (χ3v) is 3.51. The Morgan fingerprint density at radius 3 is 2.67 bits per heavy atom. The number of likely N-dealkylation sites (N-methyl/N-ethyl adjacent to an activating group) is 1. The number of rotatable bonds is 5. The van der Waals surface area contributed by atoms with Crippen molar-refractivity contribution in [2.45, 2.75) is 26.4 Å². The van der Waals surface area contributed by atoms with Gasteiger partial charge in [0.2, 0.25) is 11.8 Å². The zero-order valence-electron chi connectivity index (χ0n) is 12.3. The summed E-state index contributed by atoms with van der Waals surface area (Å²) in [4.78, 5) is 14.1. The van der Waals surface area contributed by atoms with E-state index in [4.69, 9.17) is 16.1 Å². The summed E-state index contributed by atoms with van der Waals surface area (Å²) in [5.74, 6) is 0.229. The number of hydrogen-bond acceptors (Lipinski definition) is 4. The average Bonchev–Trinajstić information content (AvgIpc) is 2.85. The SMILES string of the molecule is Cc1cc(NC(=O)C(C)N(C)Cc2ccc(Cl)cc2)on1. The number of carbonyl (C=O) groups excluding carboxylic acids is 1. The molecule has 6 heteroatoms. The molecule has 0 aliphatic heterocycles. The fourth-order valence-electron chi connectivity index (χ4n) is 1.86. The lowest BCUT2D eigenvalue weighted by atomic mass is 10.2. The first-order chi connectivity index (χ1) is 9.95. The molecule has 2 aromatic rings. The Morgan fingerprint density at radius 1 is 1.43 bits per heavy atom. The highest BCUT2D eigenvalue weighted by molar-refractivity contribution is 6.30. The van der Waals surface area contributed by atoms with Crippen LogP contribution in [0.1, 0.15) is 18.2 Å². The average molecular weight is 308 g/mol. The molecule has 2 rings (SSSR count). The molecule has 0 spiro atoms. The van der Waals surface area contributed by atoms with Crippen molar-refractivity contribution in [3.63, 3.8) is 0 Å². The first-order valence-electron chi connectivity index (χ1n) is 6.64. The normalized spacial score (nSPS) is 12.4. The highest BCUT2D eigenvalue weighted by Gasteiger charge is 2.19. The monoisotopic (exact) mass is 307 g/mol. The zero-order valence-corrected chi connectivity index (χ0v) is 13.0. The molecule has 1 atom stereocenters. The maximum absolute atomic E-state index is 12.1. The molecule has 1 N–H and O–H groups in total. The molecule has 0 aliphatic rings. The summed E-state index contributed by atoms with van der Waals surface area (Å²) in [6.07, 6.45) is 0. The number of aryl methyl sites for hydroxylation is 1. The van der Waals surface area contributed by atoms with Crippen LogP contribution in [0.5, 0.6) is 0 Å². The van der Waals surface area contributed by atoms with E-state index in [-0.39, 0.29) is 11.9 Å². The van der Waals surface area contributed by atoms with E-state index in [9.17, 15) is 4.79 Å². The van der Waals surface area contributed by atoms with E-state index < -0.39 is 0 Å². The van der Waals surface area contributed by atoms with Crippen molar-refractivity contribution in [3.8, 4) is 0 Å². The summed E-state index contributed by atoms with van der Waals surface area (Å²) in [5.41, 5.74) is 1.82. The highest BCUT2D eigenvalue weighted by atomic mass is 35.5. The van der Waals surface area contributed by atoms with Crippen molar-refractivity contribution in [1.29, 1.82) is 0 Å². The Balaban J connectivity index is 1.93. The number of amides is 1. The van der Waals surface area contributed by atoms with E-state index in [1.165, 1.54) is 0 Å². The standard InChI is InChI=1S/C15H18ClN3O2/c1-10-8-14(21-18-10)17-15(20)11(2)19(3)9-12-4-6-13(16)7-5-12/h4-8,11H,9H2,1-3H3,(H,17,20). The van der Waals surface area contributed by atoms with Crippen molar-refractivity contribution in [3.05, 3.63) is 46.6 Å². The van der Waals surface area contributed by atoms with E-state index in [1.54, 1.807) is 13.0 Å². The van der Waals surface area contributed by atoms with Gasteiger partial charge in [-0.2, -0.15) is 0 Å². The molecular weight excluding hydrogens is 290 g/mol. The van der Waals surface area contributed by atoms with Crippen LogP contribution in [0.3, 0.4) is 0 Å². The van der Waals surface area contributed by atoms with E-state index in [1.807, 2.05) is 43.1 Å². The fraction of sp³-hybridized carbons (Fsp3) is 0.333. The Labute approximate surface area is 128 Å². The summed E-state index contributed by atoms with van der Waals surface area (Å²) >= 11 is 5.86. The Bertz CT molecular complexity index is 610. The molecule has 1 aromatic heterocycles. The summed E-state index contributed by atoms with van der Waals surface area (Å²) in [6.45, 7) is 4.30. The smallest absolute Gasteiger partial charge is 0.243 e. The van der Waals surface area contributed by atoms with Crippen molar-refractivity contribution in [2.75, 3.05) is 12.4 Å². The van der Waals surface area contributed by atoms with E-state index in [0.717, 1.165) is 11.3 Å². The number of carbonyl (C=O) groups is 1. The number of benzene rings is 1. The molecule has 1 unspecified atom stereocenters. The lowest BCUT2D eigenvalue weighted by Crippen LogP contribution is -2.39. The van der Waals surface area contributed by atoms with Gasteiger partial charge in [0, 0.05) is 17.6 Å². The number of anilines is 1. The van der Waals surface area contributed by atoms with Gasteiger partial charge in [-0.25, -0.2) is 0 Å². The van der Waals surface area contributed by atoms with Gasteiger partial charge in [-0.05, 0) is 38.6 Å². The highest BCUT2D eigenvalue weighted by Crippen LogP contribution is 2.13. The topological polar surface area (TPSA) is 58.4 Å². The van der Waals surface area contributed by atoms with Crippen LogP contribution in [-0.2, 0) is 11.3 Å². The quantitative estimate of drug-likeness (QED) is 0.922. The van der Waals surface area contributed by atoms with Crippen LogP contribution >= 0.6 is 11.6 Å². The largest absolute Gasteiger partial charge is 0.338 e. The number of hydrogen-bond donors (Lipinski definition) is 1. The maximum atomic E-state index is 12.1. The predicted octanol–water partition coefficient (Wildman–Crippen LogP) is 3.10. The van der Waals surface area contributed by atoms with Crippen LogP contribution in [0.4, 0.5) is 5.88 Å². The molecule has 0 fully saturated rings. The molecule has 1 amide bonds. The van der Waals surface area contributed by atoms with Crippen molar-refractivity contribution in [1.82, 2.24) is 10.1 Å². The predicted molar refractivity (Wildman–Crippen MR) is 82.3 cm³/mol. The number of nitrogens with zero attached hydrogens (tertiary/aromatic N) is 2. The Kier molecular flexibility index (Phi) is 4.98. The van der Waals surface area contributed by atoms with Crippen LogP contribution in [0.2, 0.25) is 5.02 Å².